The average Bonchev–Trinajstić information content (AvgIpc) is 2.62. The molecular weight excluding hydrogens is 307 g/mol. The molecule has 0 aliphatic carbocycles. The van der Waals surface area contributed by atoms with Gasteiger partial charge in [-0.05, 0) is 61.6 Å². The van der Waals surface area contributed by atoms with E-state index >= 15 is 0 Å². The van der Waals surface area contributed by atoms with Crippen LogP contribution in [-0.4, -0.2) is 35.5 Å². The van der Waals surface area contributed by atoms with Crippen LogP contribution >= 0.6 is 0 Å². The molecule has 0 radical (unpaired) electrons. The Balaban J connectivity index is 1.50. The van der Waals surface area contributed by atoms with E-state index in [-0.39, 0.29) is 18.3 Å². The van der Waals surface area contributed by atoms with Gasteiger partial charge in [-0.25, -0.2) is 4.39 Å². The van der Waals surface area contributed by atoms with E-state index in [1.54, 1.807) is 6.20 Å². The number of nitrogens with zero attached hydrogens (tertiary/aromatic N) is 2. The fraction of sp³-hybridized carbons (Fsp3) is 0.368. The number of benzene rings is 1. The number of halogens is 1. The van der Waals surface area contributed by atoms with Crippen molar-refractivity contribution in [1.82, 2.24) is 9.88 Å². The van der Waals surface area contributed by atoms with E-state index in [0.717, 1.165) is 38.0 Å². The van der Waals surface area contributed by atoms with Crippen molar-refractivity contribution in [3.8, 4) is 5.75 Å². The minimum absolute atomic E-state index is 0.0120. The lowest BCUT2D eigenvalue weighted by atomic mass is 9.93. The highest BCUT2D eigenvalue weighted by Crippen LogP contribution is 2.20. The molecule has 0 saturated carbocycles. The van der Waals surface area contributed by atoms with E-state index < -0.39 is 0 Å². The number of ether oxygens (including phenoxy) is 1. The number of piperidine rings is 1. The van der Waals surface area contributed by atoms with Crippen LogP contribution in [0.1, 0.15) is 18.5 Å². The van der Waals surface area contributed by atoms with Crippen LogP contribution in [0.25, 0.3) is 0 Å². The minimum atomic E-state index is -0.318. The zero-order valence-corrected chi connectivity index (χ0v) is 13.5. The highest BCUT2D eigenvalue weighted by Gasteiger charge is 2.24. The lowest BCUT2D eigenvalue weighted by Crippen LogP contribution is -2.42. The molecule has 1 fully saturated rings. The third-order valence-electron chi connectivity index (χ3n) is 4.27. The Labute approximate surface area is 141 Å². The number of amides is 1. The number of carbonyl (C=O) groups excluding carboxylic acids is 1. The first-order chi connectivity index (χ1) is 11.7. The minimum Gasteiger partial charge on any atom is -0.484 e. The van der Waals surface area contributed by atoms with Gasteiger partial charge in [-0.1, -0.05) is 6.07 Å². The molecule has 1 aliphatic rings. The van der Waals surface area contributed by atoms with Crippen molar-refractivity contribution < 1.29 is 13.9 Å². The second-order valence-electron chi connectivity index (χ2n) is 6.12. The zero-order chi connectivity index (χ0) is 16.8. The van der Waals surface area contributed by atoms with Crippen molar-refractivity contribution in [1.29, 1.82) is 0 Å². The number of rotatable bonds is 5. The molecule has 1 amide bonds. The predicted molar refractivity (Wildman–Crippen MR) is 89.1 cm³/mol. The maximum Gasteiger partial charge on any atom is 0.260 e. The van der Waals surface area contributed by atoms with Crippen LogP contribution in [0.4, 0.5) is 4.39 Å². The van der Waals surface area contributed by atoms with Gasteiger partial charge in [0.2, 0.25) is 0 Å². The second kappa shape index (κ2) is 7.90. The molecule has 0 N–H and O–H groups in total. The summed E-state index contributed by atoms with van der Waals surface area (Å²) < 4.78 is 18.3. The smallest absolute Gasteiger partial charge is 0.260 e. The standard InChI is InChI=1S/C19H21FN2O2/c20-16-6-8-18(9-7-16)24-14-19(23)22-11-3-4-15(13-22)12-17-5-1-2-10-21-17/h1-2,5-10,15H,3-4,11-14H2. The van der Waals surface area contributed by atoms with Crippen molar-refractivity contribution in [2.24, 2.45) is 5.92 Å². The molecular formula is C19H21FN2O2. The Morgan fingerprint density at radius 1 is 1.25 bits per heavy atom. The van der Waals surface area contributed by atoms with Gasteiger partial charge in [-0.3, -0.25) is 9.78 Å². The second-order valence-corrected chi connectivity index (χ2v) is 6.12. The Morgan fingerprint density at radius 2 is 2.08 bits per heavy atom. The molecule has 1 unspecified atom stereocenters. The summed E-state index contributed by atoms with van der Waals surface area (Å²) in [7, 11) is 0. The molecule has 126 valence electrons. The molecule has 0 bridgehead atoms. The maximum absolute atomic E-state index is 12.9. The third kappa shape index (κ3) is 4.54. The summed E-state index contributed by atoms with van der Waals surface area (Å²) in [5.41, 5.74) is 1.07. The van der Waals surface area contributed by atoms with E-state index in [2.05, 4.69) is 4.98 Å². The maximum atomic E-state index is 12.9. The van der Waals surface area contributed by atoms with Crippen molar-refractivity contribution in [3.05, 3.63) is 60.2 Å². The first-order valence-electron chi connectivity index (χ1n) is 8.27. The molecule has 1 atom stereocenters. The summed E-state index contributed by atoms with van der Waals surface area (Å²) in [6.07, 6.45) is 4.81. The molecule has 2 aromatic rings. The molecule has 1 saturated heterocycles. The average molecular weight is 328 g/mol. The van der Waals surface area contributed by atoms with Crippen molar-refractivity contribution in [2.45, 2.75) is 19.3 Å². The Morgan fingerprint density at radius 3 is 2.83 bits per heavy atom. The van der Waals surface area contributed by atoms with E-state index in [1.807, 2.05) is 23.1 Å². The fourth-order valence-electron chi connectivity index (χ4n) is 3.04. The normalized spacial score (nSPS) is 17.5. The van der Waals surface area contributed by atoms with Crippen LogP contribution in [0.2, 0.25) is 0 Å². The van der Waals surface area contributed by atoms with Crippen molar-refractivity contribution in [3.63, 3.8) is 0 Å². The highest BCUT2D eigenvalue weighted by molar-refractivity contribution is 5.77. The molecule has 1 aliphatic heterocycles. The predicted octanol–water partition coefficient (Wildman–Crippen LogP) is 3.08. The molecule has 1 aromatic heterocycles. The molecule has 24 heavy (non-hydrogen) atoms. The van der Waals surface area contributed by atoms with Gasteiger partial charge in [0, 0.05) is 25.0 Å². The van der Waals surface area contributed by atoms with E-state index in [4.69, 9.17) is 4.74 Å². The van der Waals surface area contributed by atoms with Crippen LogP contribution in [0.3, 0.4) is 0 Å². The lowest BCUT2D eigenvalue weighted by Gasteiger charge is -2.32. The van der Waals surface area contributed by atoms with Gasteiger partial charge < -0.3 is 9.64 Å². The topological polar surface area (TPSA) is 42.4 Å². The van der Waals surface area contributed by atoms with Gasteiger partial charge >= 0.3 is 0 Å². The van der Waals surface area contributed by atoms with Gasteiger partial charge in [0.05, 0.1) is 0 Å². The molecule has 2 heterocycles. The summed E-state index contributed by atoms with van der Waals surface area (Å²) >= 11 is 0. The number of hydrogen-bond donors (Lipinski definition) is 0. The lowest BCUT2D eigenvalue weighted by molar-refractivity contribution is -0.135. The number of likely N-dealkylation sites (tertiary alicyclic amines) is 1. The van der Waals surface area contributed by atoms with Gasteiger partial charge in [0.15, 0.2) is 6.61 Å². The Bertz CT molecular complexity index is 661. The van der Waals surface area contributed by atoms with Gasteiger partial charge in [0.1, 0.15) is 11.6 Å². The monoisotopic (exact) mass is 328 g/mol. The van der Waals surface area contributed by atoms with Gasteiger partial charge in [0.25, 0.3) is 5.91 Å². The summed E-state index contributed by atoms with van der Waals surface area (Å²) in [6.45, 7) is 1.49. The van der Waals surface area contributed by atoms with Crippen LogP contribution in [0.5, 0.6) is 5.75 Å². The first-order valence-corrected chi connectivity index (χ1v) is 8.27. The molecule has 0 spiro atoms. The number of hydrogen-bond acceptors (Lipinski definition) is 3. The van der Waals surface area contributed by atoms with Gasteiger partial charge in [-0.2, -0.15) is 0 Å². The quantitative estimate of drug-likeness (QED) is 0.847. The van der Waals surface area contributed by atoms with E-state index in [0.29, 0.717) is 11.7 Å². The summed E-state index contributed by atoms with van der Waals surface area (Å²) in [6, 6.07) is 11.6. The SMILES string of the molecule is O=C(COc1ccc(F)cc1)N1CCCC(Cc2ccccn2)C1. The fourth-order valence-corrected chi connectivity index (χ4v) is 3.04. The summed E-state index contributed by atoms with van der Waals surface area (Å²) in [4.78, 5) is 18.6. The van der Waals surface area contributed by atoms with Crippen LogP contribution in [-0.2, 0) is 11.2 Å². The third-order valence-corrected chi connectivity index (χ3v) is 4.27. The van der Waals surface area contributed by atoms with Gasteiger partial charge in [-0.15, -0.1) is 0 Å². The van der Waals surface area contributed by atoms with Crippen LogP contribution < -0.4 is 4.74 Å². The van der Waals surface area contributed by atoms with Crippen molar-refractivity contribution in [2.75, 3.05) is 19.7 Å². The number of aromatic nitrogens is 1. The van der Waals surface area contributed by atoms with Crippen LogP contribution in [0, 0.1) is 11.7 Å². The highest BCUT2D eigenvalue weighted by atomic mass is 19.1. The number of carbonyl (C=O) groups is 1. The molecule has 3 rings (SSSR count). The van der Waals surface area contributed by atoms with E-state index in [1.165, 1.54) is 24.3 Å². The zero-order valence-electron chi connectivity index (χ0n) is 13.5. The summed E-state index contributed by atoms with van der Waals surface area (Å²) in [5, 5.41) is 0. The molecule has 5 heteroatoms. The van der Waals surface area contributed by atoms with E-state index in [9.17, 15) is 9.18 Å². The van der Waals surface area contributed by atoms with Crippen molar-refractivity contribution >= 4 is 5.91 Å². The Kier molecular flexibility index (Phi) is 5.41. The number of pyridine rings is 1. The Hall–Kier alpha value is -2.43. The van der Waals surface area contributed by atoms with Crippen LogP contribution in [0.15, 0.2) is 48.7 Å². The largest absolute Gasteiger partial charge is 0.484 e. The molecule has 4 nitrogen and oxygen atoms in total. The summed E-state index contributed by atoms with van der Waals surface area (Å²) in [5.74, 6) is 0.599. The molecule has 1 aromatic carbocycles. The first kappa shape index (κ1) is 16.4.